The van der Waals surface area contributed by atoms with Crippen LogP contribution in [0.3, 0.4) is 0 Å². The largest absolute Gasteiger partial charge is 0.508 e. The Morgan fingerprint density at radius 3 is 2.24 bits per heavy atom. The molecule has 1 aromatic carbocycles. The molecule has 6 nitrogen and oxygen atoms in total. The van der Waals surface area contributed by atoms with Crippen LogP contribution in [0.25, 0.3) is 6.08 Å². The number of carboxylic acids is 1. The minimum absolute atomic E-state index is 0.00521. The van der Waals surface area contributed by atoms with Gasteiger partial charge in [-0.1, -0.05) is 53.7 Å². The summed E-state index contributed by atoms with van der Waals surface area (Å²) >= 11 is 0. The van der Waals surface area contributed by atoms with Crippen molar-refractivity contribution in [1.29, 1.82) is 0 Å². The molecule has 0 saturated heterocycles. The van der Waals surface area contributed by atoms with E-state index in [1.165, 1.54) is 6.08 Å². The van der Waals surface area contributed by atoms with Crippen LogP contribution in [0.15, 0.2) is 30.3 Å². The lowest BCUT2D eigenvalue weighted by molar-refractivity contribution is -0.274. The Morgan fingerprint density at radius 1 is 0.867 bits per heavy atom. The van der Waals surface area contributed by atoms with Crippen LogP contribution >= 0.6 is 0 Å². The van der Waals surface area contributed by atoms with Crippen LogP contribution in [0.5, 0.6) is 5.75 Å². The van der Waals surface area contributed by atoms with E-state index < -0.39 is 22.8 Å². The molecule has 2 N–H and O–H groups in total. The van der Waals surface area contributed by atoms with Crippen LogP contribution in [0, 0.1) is 56.2 Å². The molecule has 5 fully saturated rings. The quantitative estimate of drug-likeness (QED) is 0.254. The SMILES string of the molecule is C[C@H]1C(=O)CC[C@@H]2[C@]1(C)CC[C@H]1[C@@]2(C)CC[C@@]2(COC(=O)/C=C\c3ccc(O)cc3)[C@@H]3CC(C)(C)CC[C@]3(C(=O)O)CC[C@]12C. The zero-order valence-corrected chi connectivity index (χ0v) is 28.3. The average molecular weight is 619 g/mol. The second kappa shape index (κ2) is 10.7. The maximum Gasteiger partial charge on any atom is 0.330 e. The van der Waals surface area contributed by atoms with Gasteiger partial charge in [-0.25, -0.2) is 4.79 Å². The first-order valence-electron chi connectivity index (χ1n) is 17.4. The predicted octanol–water partition coefficient (Wildman–Crippen LogP) is 8.46. The molecule has 0 heterocycles. The fourth-order valence-electron chi connectivity index (χ4n) is 12.3. The lowest BCUT2D eigenvalue weighted by Crippen LogP contribution is -2.70. The van der Waals surface area contributed by atoms with Gasteiger partial charge in [-0.2, -0.15) is 0 Å². The number of phenols is 1. The Hall–Kier alpha value is -2.63. The summed E-state index contributed by atoms with van der Waals surface area (Å²) in [6.07, 6.45) is 12.5. The number of hydrogen-bond donors (Lipinski definition) is 2. The molecule has 246 valence electrons. The first-order valence-corrected chi connectivity index (χ1v) is 17.4. The molecule has 6 rings (SSSR count). The van der Waals surface area contributed by atoms with Crippen molar-refractivity contribution >= 4 is 23.8 Å². The normalized spacial score (nSPS) is 43.8. The van der Waals surface area contributed by atoms with Crippen molar-refractivity contribution in [2.24, 2.45) is 56.2 Å². The van der Waals surface area contributed by atoms with E-state index in [-0.39, 0.29) is 45.9 Å². The molecule has 9 atom stereocenters. The van der Waals surface area contributed by atoms with Crippen LogP contribution in [-0.2, 0) is 19.1 Å². The molecule has 5 aliphatic carbocycles. The van der Waals surface area contributed by atoms with Gasteiger partial charge in [0.25, 0.3) is 0 Å². The number of carbonyl (C=O) groups excluding carboxylic acids is 2. The lowest BCUT2D eigenvalue weighted by atomic mass is 9.29. The van der Waals surface area contributed by atoms with Gasteiger partial charge in [0.05, 0.1) is 12.0 Å². The van der Waals surface area contributed by atoms with E-state index in [9.17, 15) is 24.6 Å². The van der Waals surface area contributed by atoms with Crippen molar-refractivity contribution in [2.75, 3.05) is 6.61 Å². The summed E-state index contributed by atoms with van der Waals surface area (Å²) in [6, 6.07) is 6.68. The Morgan fingerprint density at radius 2 is 1.56 bits per heavy atom. The van der Waals surface area contributed by atoms with E-state index >= 15 is 0 Å². The fraction of sp³-hybridized carbons (Fsp3) is 0.718. The van der Waals surface area contributed by atoms with Gasteiger partial charge in [-0.15, -0.1) is 0 Å². The highest BCUT2D eigenvalue weighted by molar-refractivity contribution is 5.87. The van der Waals surface area contributed by atoms with E-state index in [1.54, 1.807) is 30.3 Å². The van der Waals surface area contributed by atoms with E-state index in [0.29, 0.717) is 36.9 Å². The summed E-state index contributed by atoms with van der Waals surface area (Å²) < 4.78 is 6.25. The first kappa shape index (κ1) is 32.3. The second-order valence-electron chi connectivity index (χ2n) is 17.4. The maximum atomic E-state index is 13.3. The maximum absolute atomic E-state index is 13.3. The van der Waals surface area contributed by atoms with Crippen molar-refractivity contribution in [2.45, 2.75) is 112 Å². The molecule has 6 heteroatoms. The first-order chi connectivity index (χ1) is 21.0. The Labute approximate surface area is 269 Å². The smallest absolute Gasteiger partial charge is 0.330 e. The number of benzene rings is 1. The second-order valence-corrected chi connectivity index (χ2v) is 17.4. The molecule has 0 unspecified atom stereocenters. The van der Waals surface area contributed by atoms with Crippen LogP contribution in [0.2, 0.25) is 0 Å². The van der Waals surface area contributed by atoms with Gasteiger partial charge in [0.2, 0.25) is 0 Å². The summed E-state index contributed by atoms with van der Waals surface area (Å²) in [4.78, 5) is 39.6. The predicted molar refractivity (Wildman–Crippen MR) is 174 cm³/mol. The van der Waals surface area contributed by atoms with Gasteiger partial charge in [-0.3, -0.25) is 9.59 Å². The Kier molecular flexibility index (Phi) is 7.69. The van der Waals surface area contributed by atoms with Crippen molar-refractivity contribution in [3.8, 4) is 5.75 Å². The monoisotopic (exact) mass is 618 g/mol. The number of aromatic hydroxyl groups is 1. The number of esters is 1. The number of Topliss-reactive ketones (excluding diaryl/α,β-unsaturated/α-hetero) is 1. The van der Waals surface area contributed by atoms with Crippen molar-refractivity contribution < 1.29 is 29.3 Å². The Bertz CT molecular complexity index is 1390. The van der Waals surface area contributed by atoms with Gasteiger partial charge in [0.15, 0.2) is 0 Å². The summed E-state index contributed by atoms with van der Waals surface area (Å²) in [5, 5.41) is 20.6. The van der Waals surface area contributed by atoms with Crippen molar-refractivity contribution in [3.05, 3.63) is 35.9 Å². The zero-order chi connectivity index (χ0) is 32.6. The fourth-order valence-corrected chi connectivity index (χ4v) is 12.3. The minimum atomic E-state index is -0.800. The minimum Gasteiger partial charge on any atom is -0.508 e. The standard InChI is InChI=1S/C39H54O6/c1-25-28(41)12-13-29-35(25,4)16-15-30-36(29,5)18-22-39(24-45-32(42)14-9-26-7-10-27(40)11-8-26)31-23-34(2,3)17-20-38(31,33(43)44)21-19-37(30,39)6/h7-11,14,25,29-31,40H,12-13,15-24H2,1-6H3,(H,43,44)/b14-9-/t25-,29+,30-,31+,35+,36-,37+,38-,39+/m0/s1. The molecule has 1 aromatic rings. The lowest BCUT2D eigenvalue weighted by Gasteiger charge is -2.74. The number of carboxylic acid groups (broad SMARTS) is 1. The Balaban J connectivity index is 1.39. The molecule has 45 heavy (non-hydrogen) atoms. The number of ether oxygens (including phenoxy) is 1. The summed E-state index contributed by atoms with van der Waals surface area (Å²) in [7, 11) is 0. The van der Waals surface area contributed by atoms with Crippen LogP contribution in [0.4, 0.5) is 0 Å². The third-order valence-corrected chi connectivity index (χ3v) is 15.2. The molecule has 0 aromatic heterocycles. The molecule has 0 aliphatic heterocycles. The van der Waals surface area contributed by atoms with E-state index in [4.69, 9.17) is 4.74 Å². The number of rotatable bonds is 5. The van der Waals surface area contributed by atoms with E-state index in [2.05, 4.69) is 41.5 Å². The molecular formula is C39H54O6. The average Bonchev–Trinajstić information content (AvgIpc) is 2.98. The van der Waals surface area contributed by atoms with Crippen molar-refractivity contribution in [1.82, 2.24) is 0 Å². The van der Waals surface area contributed by atoms with Gasteiger partial charge in [0.1, 0.15) is 11.5 Å². The van der Waals surface area contributed by atoms with E-state index in [0.717, 1.165) is 56.9 Å². The number of aliphatic carboxylic acids is 1. The highest BCUT2D eigenvalue weighted by Gasteiger charge is 2.74. The van der Waals surface area contributed by atoms with E-state index in [1.807, 2.05) is 0 Å². The summed E-state index contributed by atoms with van der Waals surface area (Å²) in [5.41, 5.74) is -0.579. The number of hydrogen-bond acceptors (Lipinski definition) is 5. The summed E-state index contributed by atoms with van der Waals surface area (Å²) in [6.45, 7) is 14.3. The van der Waals surface area contributed by atoms with Crippen LogP contribution in [-0.4, -0.2) is 34.5 Å². The number of fused-ring (bicyclic) bond motifs is 7. The molecule has 5 saturated carbocycles. The molecule has 0 amide bonds. The number of phenolic OH excluding ortho intramolecular Hbond substituents is 1. The highest BCUT2D eigenvalue weighted by Crippen LogP contribution is 2.78. The molecule has 0 spiro atoms. The van der Waals surface area contributed by atoms with Gasteiger partial charge in [-0.05, 0) is 127 Å². The number of ketones is 1. The van der Waals surface area contributed by atoms with Crippen LogP contribution < -0.4 is 0 Å². The van der Waals surface area contributed by atoms with Gasteiger partial charge in [0, 0.05) is 23.8 Å². The molecule has 0 bridgehead atoms. The molecule has 0 radical (unpaired) electrons. The van der Waals surface area contributed by atoms with Crippen LogP contribution in [0.1, 0.15) is 118 Å². The molecule has 5 aliphatic rings. The third kappa shape index (κ3) is 4.74. The molecular weight excluding hydrogens is 564 g/mol. The van der Waals surface area contributed by atoms with Gasteiger partial charge < -0.3 is 14.9 Å². The van der Waals surface area contributed by atoms with Crippen molar-refractivity contribution in [3.63, 3.8) is 0 Å². The third-order valence-electron chi connectivity index (χ3n) is 15.2. The topological polar surface area (TPSA) is 101 Å². The summed E-state index contributed by atoms with van der Waals surface area (Å²) in [5.74, 6) is 0.315. The zero-order valence-electron chi connectivity index (χ0n) is 28.3. The van der Waals surface area contributed by atoms with Gasteiger partial charge >= 0.3 is 11.9 Å². The number of carbonyl (C=O) groups is 3. The highest BCUT2D eigenvalue weighted by atomic mass is 16.5.